The molecule has 0 spiro atoms. The van der Waals surface area contributed by atoms with Gasteiger partial charge in [-0.3, -0.25) is 14.4 Å². The number of ether oxygens (including phenoxy) is 3. The summed E-state index contributed by atoms with van der Waals surface area (Å²) >= 11 is 0. The van der Waals surface area contributed by atoms with Crippen molar-refractivity contribution in [3.8, 4) is 0 Å². The van der Waals surface area contributed by atoms with Crippen LogP contribution in [-0.4, -0.2) is 37.2 Å². The highest BCUT2D eigenvalue weighted by atomic mass is 16.6. The molecule has 1 atom stereocenters. The molecule has 0 aliphatic rings. The average molecular weight is 887 g/mol. The molecule has 0 aromatic rings. The lowest BCUT2D eigenvalue weighted by Crippen LogP contribution is -2.30. The molecule has 0 N–H and O–H groups in total. The Labute approximate surface area is 393 Å². The van der Waals surface area contributed by atoms with Gasteiger partial charge in [-0.05, 0) is 122 Å². The highest BCUT2D eigenvalue weighted by molar-refractivity contribution is 5.71. The van der Waals surface area contributed by atoms with E-state index < -0.39 is 6.10 Å². The SMILES string of the molecule is CCCC/C=C\C/C=C\CCCCCCCC(=O)OC[C@H](COC(=O)CCC/C=C\C/C=C\C/C=C\C/C=C\CCCCC)OC(=O)CCCC/C=C\C/C=C\C/C=C\CCCCC. The van der Waals surface area contributed by atoms with Gasteiger partial charge in [-0.15, -0.1) is 0 Å². The molecule has 0 aliphatic carbocycles. The Hall–Kier alpha value is -3.93. The molecular weight excluding hydrogens is 793 g/mol. The second-order valence-electron chi connectivity index (χ2n) is 16.7. The van der Waals surface area contributed by atoms with Gasteiger partial charge in [0.05, 0.1) is 0 Å². The monoisotopic (exact) mass is 887 g/mol. The first-order valence-corrected chi connectivity index (χ1v) is 25.9. The number of carbonyl (C=O) groups is 3. The van der Waals surface area contributed by atoms with Gasteiger partial charge in [0.25, 0.3) is 0 Å². The van der Waals surface area contributed by atoms with Crippen LogP contribution in [0.2, 0.25) is 0 Å². The topological polar surface area (TPSA) is 78.9 Å². The Bertz CT molecular complexity index is 1340. The minimum Gasteiger partial charge on any atom is -0.462 e. The summed E-state index contributed by atoms with van der Waals surface area (Å²) in [5, 5.41) is 0. The predicted molar refractivity (Wildman–Crippen MR) is 274 cm³/mol. The normalized spacial score (nSPS) is 13.0. The van der Waals surface area contributed by atoms with E-state index in [1.165, 1.54) is 70.6 Å². The molecule has 0 amide bonds. The molecule has 0 heterocycles. The Balaban J connectivity index is 4.58. The molecule has 0 saturated carbocycles. The summed E-state index contributed by atoms with van der Waals surface area (Å²) in [4.78, 5) is 38.0. The fourth-order valence-corrected chi connectivity index (χ4v) is 6.51. The maximum atomic E-state index is 12.8. The Kier molecular flexibility index (Phi) is 48.5. The van der Waals surface area contributed by atoms with E-state index in [4.69, 9.17) is 14.2 Å². The smallest absolute Gasteiger partial charge is 0.306 e. The third kappa shape index (κ3) is 49.1. The number of hydrogen-bond acceptors (Lipinski definition) is 6. The summed E-state index contributed by atoms with van der Waals surface area (Å²) in [5.41, 5.74) is 0. The lowest BCUT2D eigenvalue weighted by Gasteiger charge is -2.18. The summed E-state index contributed by atoms with van der Waals surface area (Å²) in [6, 6.07) is 0. The molecule has 6 heteroatoms. The van der Waals surface area contributed by atoms with Crippen LogP contribution in [0.1, 0.15) is 220 Å². The first-order chi connectivity index (χ1) is 31.5. The van der Waals surface area contributed by atoms with Crippen LogP contribution in [0.25, 0.3) is 0 Å². The van der Waals surface area contributed by atoms with Gasteiger partial charge < -0.3 is 14.2 Å². The standard InChI is InChI=1S/C58H94O6/c1-4-7-10-13-16-19-22-25-28-29-31-33-36-39-42-45-48-51-57(60)63-54-55(53-62-56(59)50-47-44-41-38-35-32-27-24-21-18-15-12-9-6-3)64-58(61)52-49-46-43-40-37-34-30-26-23-20-17-14-11-8-5-2/h15-20,24-28,30-31,33,37,39-40,42,55H,4-14,21-23,29,32,34-36,38,41,43-54H2,1-3H3/b18-15-,19-16-,20-17-,27-24-,28-25-,30-26-,33-31-,40-37-,42-39-/t55-/m1/s1. The zero-order chi connectivity index (χ0) is 46.5. The molecule has 0 aromatic heterocycles. The summed E-state index contributed by atoms with van der Waals surface area (Å²) in [6.07, 6.45) is 69.3. The van der Waals surface area contributed by atoms with Crippen molar-refractivity contribution in [2.45, 2.75) is 226 Å². The largest absolute Gasteiger partial charge is 0.462 e. The number of allylic oxidation sites excluding steroid dienone is 18. The van der Waals surface area contributed by atoms with E-state index in [1.807, 2.05) is 0 Å². The van der Waals surface area contributed by atoms with Crippen LogP contribution in [0, 0.1) is 0 Å². The van der Waals surface area contributed by atoms with Crippen LogP contribution in [0.15, 0.2) is 109 Å². The molecule has 6 nitrogen and oxygen atoms in total. The lowest BCUT2D eigenvalue weighted by atomic mass is 10.1. The molecule has 362 valence electrons. The third-order valence-electron chi connectivity index (χ3n) is 10.5. The number of rotatable bonds is 45. The van der Waals surface area contributed by atoms with E-state index in [-0.39, 0.29) is 44.0 Å². The molecule has 0 bridgehead atoms. The molecule has 0 unspecified atom stereocenters. The van der Waals surface area contributed by atoms with Gasteiger partial charge in [-0.1, -0.05) is 188 Å². The van der Waals surface area contributed by atoms with Gasteiger partial charge >= 0.3 is 17.9 Å². The van der Waals surface area contributed by atoms with Crippen molar-refractivity contribution in [2.24, 2.45) is 0 Å². The van der Waals surface area contributed by atoms with E-state index in [2.05, 4.69) is 130 Å². The van der Waals surface area contributed by atoms with Gasteiger partial charge in [-0.2, -0.15) is 0 Å². The first kappa shape index (κ1) is 60.1. The highest BCUT2D eigenvalue weighted by Crippen LogP contribution is 2.11. The summed E-state index contributed by atoms with van der Waals surface area (Å²) in [5.74, 6) is -1.04. The quantitative estimate of drug-likeness (QED) is 0.0262. The predicted octanol–water partition coefficient (Wildman–Crippen LogP) is 17.1. The Morgan fingerprint density at radius 3 is 1.02 bits per heavy atom. The molecule has 0 fully saturated rings. The molecule has 0 saturated heterocycles. The van der Waals surface area contributed by atoms with Crippen LogP contribution in [0.4, 0.5) is 0 Å². The molecule has 0 aliphatic heterocycles. The van der Waals surface area contributed by atoms with Gasteiger partial charge in [0, 0.05) is 19.3 Å². The second-order valence-corrected chi connectivity index (χ2v) is 16.7. The number of carbonyl (C=O) groups excluding carboxylic acids is 3. The maximum absolute atomic E-state index is 12.8. The molecule has 64 heavy (non-hydrogen) atoms. The van der Waals surface area contributed by atoms with Gasteiger partial charge in [0.1, 0.15) is 13.2 Å². The number of esters is 3. The zero-order valence-corrected chi connectivity index (χ0v) is 41.3. The van der Waals surface area contributed by atoms with E-state index >= 15 is 0 Å². The molecule has 0 rings (SSSR count). The summed E-state index contributed by atoms with van der Waals surface area (Å²) in [6.45, 7) is 6.43. The van der Waals surface area contributed by atoms with E-state index in [1.54, 1.807) is 0 Å². The molecule has 0 aromatic carbocycles. The number of hydrogen-bond donors (Lipinski definition) is 0. The summed E-state index contributed by atoms with van der Waals surface area (Å²) in [7, 11) is 0. The van der Waals surface area contributed by atoms with Crippen LogP contribution < -0.4 is 0 Å². The lowest BCUT2D eigenvalue weighted by molar-refractivity contribution is -0.167. The van der Waals surface area contributed by atoms with Crippen molar-refractivity contribution >= 4 is 17.9 Å². The van der Waals surface area contributed by atoms with Crippen molar-refractivity contribution < 1.29 is 28.6 Å². The van der Waals surface area contributed by atoms with Crippen molar-refractivity contribution in [2.75, 3.05) is 13.2 Å². The van der Waals surface area contributed by atoms with Gasteiger partial charge in [0.15, 0.2) is 6.10 Å². The second kappa shape index (κ2) is 51.7. The van der Waals surface area contributed by atoms with Crippen LogP contribution in [0.3, 0.4) is 0 Å². The van der Waals surface area contributed by atoms with Crippen LogP contribution in [0.5, 0.6) is 0 Å². The van der Waals surface area contributed by atoms with Gasteiger partial charge in [-0.25, -0.2) is 0 Å². The van der Waals surface area contributed by atoms with E-state index in [0.717, 1.165) is 96.3 Å². The van der Waals surface area contributed by atoms with Crippen molar-refractivity contribution in [1.82, 2.24) is 0 Å². The molecule has 0 radical (unpaired) electrons. The fourth-order valence-electron chi connectivity index (χ4n) is 6.51. The zero-order valence-electron chi connectivity index (χ0n) is 41.3. The van der Waals surface area contributed by atoms with Crippen LogP contribution >= 0.6 is 0 Å². The third-order valence-corrected chi connectivity index (χ3v) is 10.5. The minimum absolute atomic E-state index is 0.120. The van der Waals surface area contributed by atoms with Crippen LogP contribution in [-0.2, 0) is 28.6 Å². The number of unbranched alkanes of at least 4 members (excludes halogenated alkanes) is 16. The Morgan fingerprint density at radius 2 is 0.594 bits per heavy atom. The summed E-state index contributed by atoms with van der Waals surface area (Å²) < 4.78 is 16.7. The molecular formula is C58H94O6. The van der Waals surface area contributed by atoms with Crippen molar-refractivity contribution in [1.29, 1.82) is 0 Å². The highest BCUT2D eigenvalue weighted by Gasteiger charge is 2.19. The fraction of sp³-hybridized carbons (Fsp3) is 0.638. The Morgan fingerprint density at radius 1 is 0.312 bits per heavy atom. The van der Waals surface area contributed by atoms with Crippen molar-refractivity contribution in [3.05, 3.63) is 109 Å². The van der Waals surface area contributed by atoms with Gasteiger partial charge in [0.2, 0.25) is 0 Å². The minimum atomic E-state index is -0.827. The average Bonchev–Trinajstić information content (AvgIpc) is 3.29. The van der Waals surface area contributed by atoms with E-state index in [9.17, 15) is 14.4 Å². The first-order valence-electron chi connectivity index (χ1n) is 25.9. The maximum Gasteiger partial charge on any atom is 0.306 e. The van der Waals surface area contributed by atoms with Crippen molar-refractivity contribution in [3.63, 3.8) is 0 Å². The van der Waals surface area contributed by atoms with E-state index in [0.29, 0.717) is 19.3 Å².